The topological polar surface area (TPSA) is 51.2 Å². The third-order valence-corrected chi connectivity index (χ3v) is 1.42. The highest BCUT2D eigenvalue weighted by Gasteiger charge is 1.91. The summed E-state index contributed by atoms with van der Waals surface area (Å²) in [6, 6.07) is 3.80. The summed E-state index contributed by atoms with van der Waals surface area (Å²) >= 11 is 0. The number of hydrogen-bond acceptors (Lipinski definition) is 3. The number of allylic oxidation sites excluding steroid dienone is 2. The molecule has 0 radical (unpaired) electrons. The van der Waals surface area contributed by atoms with Crippen molar-refractivity contribution >= 4 is 0 Å². The normalized spacial score (nSPS) is 11.6. The zero-order valence-electron chi connectivity index (χ0n) is 6.50. The number of nitrogens with two attached hydrogens (primary N) is 1. The minimum atomic E-state index is 0.781. The van der Waals surface area contributed by atoms with E-state index in [9.17, 15) is 0 Å². The van der Waals surface area contributed by atoms with Gasteiger partial charge >= 0.3 is 0 Å². The van der Waals surface area contributed by atoms with Gasteiger partial charge in [0.1, 0.15) is 5.76 Å². The van der Waals surface area contributed by atoms with Crippen LogP contribution in [0.1, 0.15) is 12.7 Å². The van der Waals surface area contributed by atoms with Gasteiger partial charge in [0.2, 0.25) is 0 Å². The van der Waals surface area contributed by atoms with Crippen LogP contribution in [-0.4, -0.2) is 0 Å². The summed E-state index contributed by atoms with van der Waals surface area (Å²) in [6.45, 7) is 1.91. The van der Waals surface area contributed by atoms with Crippen molar-refractivity contribution in [1.29, 1.82) is 0 Å². The second-order valence-corrected chi connectivity index (χ2v) is 2.31. The molecule has 0 unspecified atom stereocenters. The number of hydrogen-bond donors (Lipinski definition) is 2. The Bertz CT molecular complexity index is 226. The molecule has 0 saturated heterocycles. The Morgan fingerprint density at radius 1 is 1.82 bits per heavy atom. The highest BCUT2D eigenvalue weighted by molar-refractivity contribution is 5.06. The molecule has 0 fully saturated rings. The molecule has 11 heavy (non-hydrogen) atoms. The largest absolute Gasteiger partial charge is 0.469 e. The lowest BCUT2D eigenvalue weighted by Gasteiger charge is -1.96. The van der Waals surface area contributed by atoms with Gasteiger partial charge in [-0.2, -0.15) is 0 Å². The van der Waals surface area contributed by atoms with Crippen molar-refractivity contribution in [3.8, 4) is 0 Å². The summed E-state index contributed by atoms with van der Waals surface area (Å²) in [4.78, 5) is 0. The predicted molar refractivity (Wildman–Crippen MR) is 43.5 cm³/mol. The Labute approximate surface area is 65.9 Å². The molecule has 0 bridgehead atoms. The van der Waals surface area contributed by atoms with Crippen LogP contribution in [0, 0.1) is 0 Å². The van der Waals surface area contributed by atoms with E-state index in [0.717, 1.165) is 17.9 Å². The van der Waals surface area contributed by atoms with Crippen molar-refractivity contribution in [2.24, 2.45) is 5.84 Å². The van der Waals surface area contributed by atoms with E-state index in [-0.39, 0.29) is 0 Å². The van der Waals surface area contributed by atoms with Crippen LogP contribution < -0.4 is 11.3 Å². The maximum absolute atomic E-state index is 5.16. The zero-order valence-corrected chi connectivity index (χ0v) is 6.50. The van der Waals surface area contributed by atoms with Crippen LogP contribution in [0.5, 0.6) is 0 Å². The van der Waals surface area contributed by atoms with Crippen LogP contribution in [-0.2, 0) is 6.42 Å². The molecule has 0 atom stereocenters. The van der Waals surface area contributed by atoms with Crippen molar-refractivity contribution in [1.82, 2.24) is 5.43 Å². The first-order valence-electron chi connectivity index (χ1n) is 3.48. The molecule has 0 aliphatic rings. The lowest BCUT2D eigenvalue weighted by atomic mass is 10.3. The first-order valence-corrected chi connectivity index (χ1v) is 3.48. The quantitative estimate of drug-likeness (QED) is 0.505. The van der Waals surface area contributed by atoms with Crippen molar-refractivity contribution < 1.29 is 4.42 Å². The average molecular weight is 152 g/mol. The number of hydrazine groups is 1. The first kappa shape index (κ1) is 7.88. The van der Waals surface area contributed by atoms with Gasteiger partial charge in [0.15, 0.2) is 0 Å². The molecule has 0 spiro atoms. The Kier molecular flexibility index (Phi) is 2.74. The van der Waals surface area contributed by atoms with Gasteiger partial charge in [-0.15, -0.1) is 0 Å². The van der Waals surface area contributed by atoms with E-state index in [1.165, 1.54) is 0 Å². The highest BCUT2D eigenvalue weighted by atomic mass is 16.3. The first-order chi connectivity index (χ1) is 5.33. The molecule has 1 aromatic heterocycles. The molecule has 60 valence electrons. The highest BCUT2D eigenvalue weighted by Crippen LogP contribution is 2.02. The summed E-state index contributed by atoms with van der Waals surface area (Å²) < 4.78 is 5.12. The average Bonchev–Trinajstić information content (AvgIpc) is 2.52. The summed E-state index contributed by atoms with van der Waals surface area (Å²) in [5.74, 6) is 6.11. The Morgan fingerprint density at radius 3 is 3.18 bits per heavy atom. The molecule has 0 aliphatic heterocycles. The van der Waals surface area contributed by atoms with Crippen molar-refractivity contribution in [3.63, 3.8) is 0 Å². The van der Waals surface area contributed by atoms with E-state index in [2.05, 4.69) is 5.43 Å². The molecule has 1 rings (SSSR count). The molecular formula is C8H12N2O. The summed E-state index contributed by atoms with van der Waals surface area (Å²) in [7, 11) is 0. The maximum atomic E-state index is 5.16. The Hall–Kier alpha value is -1.22. The fourth-order valence-corrected chi connectivity index (χ4v) is 0.741. The minimum absolute atomic E-state index is 0.781. The SMILES string of the molecule is C/C(=C/Cc1ccco1)NN. The lowest BCUT2D eigenvalue weighted by Crippen LogP contribution is -2.18. The van der Waals surface area contributed by atoms with Crippen LogP contribution in [0.25, 0.3) is 0 Å². The molecule has 3 nitrogen and oxygen atoms in total. The van der Waals surface area contributed by atoms with E-state index in [4.69, 9.17) is 10.3 Å². The zero-order chi connectivity index (χ0) is 8.10. The fourth-order valence-electron chi connectivity index (χ4n) is 0.741. The summed E-state index contributed by atoms with van der Waals surface area (Å²) in [5, 5.41) is 0. The van der Waals surface area contributed by atoms with Gasteiger partial charge < -0.3 is 9.84 Å². The Morgan fingerprint density at radius 2 is 2.64 bits per heavy atom. The number of rotatable bonds is 3. The maximum Gasteiger partial charge on any atom is 0.107 e. The molecule has 0 aliphatic carbocycles. The standard InChI is InChI=1S/C8H12N2O/c1-7(10-9)4-5-8-3-2-6-11-8/h2-4,6,10H,5,9H2,1H3/b7-4-. The van der Waals surface area contributed by atoms with Gasteiger partial charge in [0, 0.05) is 12.1 Å². The molecular weight excluding hydrogens is 140 g/mol. The minimum Gasteiger partial charge on any atom is -0.469 e. The summed E-state index contributed by atoms with van der Waals surface area (Å²) in [5.41, 5.74) is 3.49. The van der Waals surface area contributed by atoms with Crippen LogP contribution in [0.3, 0.4) is 0 Å². The van der Waals surface area contributed by atoms with Crippen molar-refractivity contribution in [3.05, 3.63) is 35.9 Å². The number of nitrogens with one attached hydrogen (secondary N) is 1. The molecule has 0 saturated carbocycles. The summed E-state index contributed by atoms with van der Waals surface area (Å²) in [6.07, 6.45) is 4.41. The van der Waals surface area contributed by atoms with Gasteiger partial charge in [0.25, 0.3) is 0 Å². The molecule has 1 heterocycles. The molecule has 3 heteroatoms. The van der Waals surface area contributed by atoms with Gasteiger partial charge in [-0.3, -0.25) is 5.84 Å². The molecule has 0 amide bonds. The lowest BCUT2D eigenvalue weighted by molar-refractivity contribution is 0.522. The van der Waals surface area contributed by atoms with Gasteiger partial charge in [-0.1, -0.05) is 6.08 Å². The number of furan rings is 1. The second-order valence-electron chi connectivity index (χ2n) is 2.31. The van der Waals surface area contributed by atoms with Crippen LogP contribution >= 0.6 is 0 Å². The molecule has 1 aromatic rings. The van der Waals surface area contributed by atoms with E-state index >= 15 is 0 Å². The predicted octanol–water partition coefficient (Wildman–Crippen LogP) is 1.19. The third-order valence-electron chi connectivity index (χ3n) is 1.42. The van der Waals surface area contributed by atoms with Gasteiger partial charge in [-0.05, 0) is 19.1 Å². The Balaban J connectivity index is 2.45. The van der Waals surface area contributed by atoms with Gasteiger partial charge in [0.05, 0.1) is 6.26 Å². The van der Waals surface area contributed by atoms with E-state index in [0.29, 0.717) is 0 Å². The van der Waals surface area contributed by atoms with Gasteiger partial charge in [-0.25, -0.2) is 0 Å². The van der Waals surface area contributed by atoms with E-state index < -0.39 is 0 Å². The van der Waals surface area contributed by atoms with Crippen LogP contribution in [0.2, 0.25) is 0 Å². The van der Waals surface area contributed by atoms with Crippen LogP contribution in [0.4, 0.5) is 0 Å². The monoisotopic (exact) mass is 152 g/mol. The second kappa shape index (κ2) is 3.83. The third kappa shape index (κ3) is 2.47. The fraction of sp³-hybridized carbons (Fsp3) is 0.250. The van der Waals surface area contributed by atoms with E-state index in [1.807, 2.05) is 25.1 Å². The molecule has 3 N–H and O–H groups in total. The van der Waals surface area contributed by atoms with E-state index in [1.54, 1.807) is 6.26 Å². The smallest absolute Gasteiger partial charge is 0.107 e. The molecule has 0 aromatic carbocycles. The van der Waals surface area contributed by atoms with Crippen molar-refractivity contribution in [2.75, 3.05) is 0 Å². The van der Waals surface area contributed by atoms with Crippen LogP contribution in [0.15, 0.2) is 34.6 Å². The van der Waals surface area contributed by atoms with Crippen molar-refractivity contribution in [2.45, 2.75) is 13.3 Å².